The Morgan fingerprint density at radius 1 is 1.09 bits per heavy atom. The molecule has 0 spiro atoms. The van der Waals surface area contributed by atoms with Gasteiger partial charge in [0.05, 0.1) is 23.5 Å². The Balaban J connectivity index is 1.38. The molecule has 0 unspecified atom stereocenters. The van der Waals surface area contributed by atoms with Crippen LogP contribution in [-0.2, 0) is 11.3 Å². The number of aromatic nitrogens is 2. The summed E-state index contributed by atoms with van der Waals surface area (Å²) in [4.78, 5) is 31.2. The largest absolute Gasteiger partial charge is 0.391 e. The lowest BCUT2D eigenvalue weighted by Gasteiger charge is -2.29. The second-order valence-corrected chi connectivity index (χ2v) is 8.64. The van der Waals surface area contributed by atoms with E-state index < -0.39 is 23.8 Å². The number of Topliss-reactive ketones (excluding diaryl/α,β-unsaturated/α-hetero) is 1. The van der Waals surface area contributed by atoms with Crippen molar-refractivity contribution < 1.29 is 27.2 Å². The number of fused-ring (bicyclic) bond motifs is 1. The van der Waals surface area contributed by atoms with Crippen molar-refractivity contribution in [3.63, 3.8) is 0 Å². The third-order valence-corrected chi connectivity index (χ3v) is 6.21. The van der Waals surface area contributed by atoms with E-state index in [4.69, 9.17) is 0 Å². The highest BCUT2D eigenvalue weighted by atomic mass is 19.4. The molecule has 6 nitrogen and oxygen atoms in total. The van der Waals surface area contributed by atoms with E-state index in [2.05, 4.69) is 20.6 Å². The van der Waals surface area contributed by atoms with Crippen molar-refractivity contribution in [2.45, 2.75) is 45.3 Å². The zero-order chi connectivity index (χ0) is 24.5. The Morgan fingerprint density at radius 3 is 2.50 bits per heavy atom. The van der Waals surface area contributed by atoms with Crippen molar-refractivity contribution in [1.29, 1.82) is 0 Å². The first-order valence-corrected chi connectivity index (χ1v) is 11.0. The van der Waals surface area contributed by atoms with E-state index in [1.807, 2.05) is 0 Å². The Labute approximate surface area is 193 Å². The number of H-pyrrole nitrogens is 1. The summed E-state index contributed by atoms with van der Waals surface area (Å²) in [6, 6.07) is 7.63. The molecular weight excluding hydrogens is 452 g/mol. The van der Waals surface area contributed by atoms with Crippen LogP contribution in [0.2, 0.25) is 0 Å². The topological polar surface area (TPSA) is 86.9 Å². The fourth-order valence-corrected chi connectivity index (χ4v) is 4.21. The number of nitrogens with one attached hydrogen (secondary N) is 3. The van der Waals surface area contributed by atoms with Crippen LogP contribution in [0.4, 0.5) is 28.9 Å². The summed E-state index contributed by atoms with van der Waals surface area (Å²) in [6.45, 7) is 1.56. The second-order valence-electron chi connectivity index (χ2n) is 8.64. The predicted molar refractivity (Wildman–Crippen MR) is 120 cm³/mol. The Bertz CT molecular complexity index is 1210. The first kappa shape index (κ1) is 23.7. The molecule has 3 aromatic rings. The fourth-order valence-electron chi connectivity index (χ4n) is 4.21. The number of carbonyl (C=O) groups excluding carboxylic acids is 2. The van der Waals surface area contributed by atoms with Gasteiger partial charge in [-0.3, -0.25) is 9.59 Å². The van der Waals surface area contributed by atoms with Crippen molar-refractivity contribution in [3.8, 4) is 0 Å². The normalized spacial score (nSPS) is 18.6. The first-order valence-electron chi connectivity index (χ1n) is 11.0. The number of nitrogens with zero attached hydrogens (tertiary/aromatic N) is 1. The molecule has 1 aromatic carbocycles. The number of rotatable bonds is 6. The zero-order valence-electron chi connectivity index (χ0n) is 18.4. The summed E-state index contributed by atoms with van der Waals surface area (Å²) in [5.74, 6) is -2.78. The monoisotopic (exact) mass is 476 g/mol. The Hall–Kier alpha value is -3.43. The molecular formula is C24H24F4N4O2. The van der Waals surface area contributed by atoms with Gasteiger partial charge in [-0.05, 0) is 56.0 Å². The third kappa shape index (κ3) is 5.37. The number of carbonyl (C=O) groups is 2. The van der Waals surface area contributed by atoms with Gasteiger partial charge in [0, 0.05) is 36.0 Å². The number of hydrogen-bond acceptors (Lipinski definition) is 4. The number of halogens is 4. The van der Waals surface area contributed by atoms with Crippen molar-refractivity contribution in [2.75, 3.05) is 10.6 Å². The third-order valence-electron chi connectivity index (χ3n) is 6.21. The summed E-state index contributed by atoms with van der Waals surface area (Å²) in [5.41, 5.74) is 2.32. The minimum absolute atomic E-state index is 0.0619. The lowest BCUT2D eigenvalue weighted by Crippen LogP contribution is -2.32. The number of benzene rings is 1. The van der Waals surface area contributed by atoms with Gasteiger partial charge in [0.2, 0.25) is 5.91 Å². The van der Waals surface area contributed by atoms with Gasteiger partial charge in [0.1, 0.15) is 11.5 Å². The van der Waals surface area contributed by atoms with E-state index in [1.165, 1.54) is 25.1 Å². The van der Waals surface area contributed by atoms with E-state index in [1.54, 1.807) is 18.3 Å². The van der Waals surface area contributed by atoms with E-state index in [0.717, 1.165) is 5.39 Å². The molecule has 4 rings (SSSR count). The maximum Gasteiger partial charge on any atom is 0.391 e. The fraction of sp³-hybridized carbons (Fsp3) is 0.375. The first-order chi connectivity index (χ1) is 16.1. The molecule has 10 heteroatoms. The molecule has 1 amide bonds. The maximum atomic E-state index is 14.3. The van der Waals surface area contributed by atoms with Crippen LogP contribution in [0.3, 0.4) is 0 Å². The van der Waals surface area contributed by atoms with Gasteiger partial charge in [-0.15, -0.1) is 0 Å². The quantitative estimate of drug-likeness (QED) is 0.309. The number of aromatic amines is 1. The van der Waals surface area contributed by atoms with Gasteiger partial charge in [-0.25, -0.2) is 9.37 Å². The SMILES string of the molecule is CC(=O)c1cc2cc(NCc3cc(NC(=O)C4CCC(C(F)(F)F)CC4)ccc3F)cnc2[nH]1. The molecule has 1 aliphatic rings. The number of anilines is 2. The van der Waals surface area contributed by atoms with Gasteiger partial charge in [-0.2, -0.15) is 13.2 Å². The summed E-state index contributed by atoms with van der Waals surface area (Å²) < 4.78 is 52.9. The molecule has 180 valence electrons. The molecule has 1 fully saturated rings. The highest BCUT2D eigenvalue weighted by Gasteiger charge is 2.42. The average molecular weight is 476 g/mol. The minimum atomic E-state index is -4.23. The molecule has 0 aliphatic heterocycles. The van der Waals surface area contributed by atoms with Crippen LogP contribution in [0.1, 0.15) is 48.7 Å². The van der Waals surface area contributed by atoms with Crippen LogP contribution >= 0.6 is 0 Å². The van der Waals surface area contributed by atoms with Gasteiger partial charge in [-0.1, -0.05) is 0 Å². The molecule has 3 N–H and O–H groups in total. The van der Waals surface area contributed by atoms with Crippen LogP contribution in [0.5, 0.6) is 0 Å². The van der Waals surface area contributed by atoms with Crippen LogP contribution in [0.25, 0.3) is 11.0 Å². The highest BCUT2D eigenvalue weighted by molar-refractivity contribution is 5.97. The van der Waals surface area contributed by atoms with Gasteiger partial charge in [0.15, 0.2) is 5.78 Å². The minimum Gasteiger partial charge on any atom is -0.380 e. The van der Waals surface area contributed by atoms with Crippen LogP contribution < -0.4 is 10.6 Å². The molecule has 2 heterocycles. The molecule has 0 atom stereocenters. The van der Waals surface area contributed by atoms with E-state index >= 15 is 0 Å². The summed E-state index contributed by atoms with van der Waals surface area (Å²) in [6.07, 6.45) is -2.45. The van der Waals surface area contributed by atoms with E-state index in [-0.39, 0.29) is 43.9 Å². The van der Waals surface area contributed by atoms with Gasteiger partial charge < -0.3 is 15.6 Å². The van der Waals surface area contributed by atoms with E-state index in [0.29, 0.717) is 28.3 Å². The molecule has 2 aromatic heterocycles. The molecule has 0 bridgehead atoms. The number of amides is 1. The van der Waals surface area contributed by atoms with Crippen LogP contribution in [-0.4, -0.2) is 27.8 Å². The van der Waals surface area contributed by atoms with Crippen LogP contribution in [0.15, 0.2) is 36.5 Å². The van der Waals surface area contributed by atoms with Gasteiger partial charge >= 0.3 is 6.18 Å². The van der Waals surface area contributed by atoms with E-state index in [9.17, 15) is 27.2 Å². The molecule has 0 saturated heterocycles. The molecule has 0 radical (unpaired) electrons. The lowest BCUT2D eigenvalue weighted by molar-refractivity contribution is -0.184. The second kappa shape index (κ2) is 9.44. The zero-order valence-corrected chi connectivity index (χ0v) is 18.4. The Kier molecular flexibility index (Phi) is 6.58. The number of pyridine rings is 1. The number of hydrogen-bond donors (Lipinski definition) is 3. The van der Waals surface area contributed by atoms with Crippen molar-refractivity contribution in [3.05, 3.63) is 53.6 Å². The smallest absolute Gasteiger partial charge is 0.380 e. The summed E-state index contributed by atoms with van der Waals surface area (Å²) in [5, 5.41) is 6.51. The van der Waals surface area contributed by atoms with Crippen LogP contribution in [0, 0.1) is 17.7 Å². The lowest BCUT2D eigenvalue weighted by atomic mass is 9.81. The molecule has 1 aliphatic carbocycles. The summed E-state index contributed by atoms with van der Waals surface area (Å²) >= 11 is 0. The Morgan fingerprint density at radius 2 is 1.82 bits per heavy atom. The maximum absolute atomic E-state index is 14.3. The van der Waals surface area contributed by atoms with Crippen molar-refractivity contribution in [1.82, 2.24) is 9.97 Å². The average Bonchev–Trinajstić information content (AvgIpc) is 3.23. The van der Waals surface area contributed by atoms with Gasteiger partial charge in [0.25, 0.3) is 0 Å². The predicted octanol–water partition coefficient (Wildman–Crippen LogP) is 5.82. The van der Waals surface area contributed by atoms with Crippen molar-refractivity contribution >= 4 is 34.1 Å². The molecule has 34 heavy (non-hydrogen) atoms. The highest BCUT2D eigenvalue weighted by Crippen LogP contribution is 2.39. The molecule has 1 saturated carbocycles. The standard InChI is InChI=1S/C24H24F4N4O2/c1-13(33)21-10-15-8-19(12-30-22(15)32-21)29-11-16-9-18(6-7-20(16)25)31-23(34)14-2-4-17(5-3-14)24(26,27)28/h6-10,12,14,17,29H,2-5,11H2,1H3,(H,30,32)(H,31,34). The number of alkyl halides is 3. The summed E-state index contributed by atoms with van der Waals surface area (Å²) in [7, 11) is 0. The number of ketones is 1. The van der Waals surface area contributed by atoms with Crippen molar-refractivity contribution in [2.24, 2.45) is 11.8 Å².